The van der Waals surface area contributed by atoms with Gasteiger partial charge in [0.25, 0.3) is 0 Å². The lowest BCUT2D eigenvalue weighted by molar-refractivity contribution is -0.137. The summed E-state index contributed by atoms with van der Waals surface area (Å²) in [6.07, 6.45) is 3.68. The summed E-state index contributed by atoms with van der Waals surface area (Å²) in [5.74, 6) is -0.793. The smallest absolute Gasteiger partial charge is 0.303 e. The third-order valence-corrected chi connectivity index (χ3v) is 3.53. The van der Waals surface area contributed by atoms with Crippen LogP contribution in [0.2, 0.25) is 0 Å². The SMILES string of the molecule is CC(CC(=O)O)c1cncc(-c2cccs2)c1. The van der Waals surface area contributed by atoms with Gasteiger partial charge in [0.1, 0.15) is 0 Å². The lowest BCUT2D eigenvalue weighted by Crippen LogP contribution is -2.03. The standard InChI is InChI=1S/C13H13NO2S/c1-9(5-13(15)16)10-6-11(8-14-7-10)12-3-2-4-17-12/h2-4,6-9H,5H2,1H3,(H,15,16). The summed E-state index contributed by atoms with van der Waals surface area (Å²) in [5.41, 5.74) is 2.02. The highest BCUT2D eigenvalue weighted by atomic mass is 32.1. The van der Waals surface area contributed by atoms with Crippen LogP contribution in [0.4, 0.5) is 0 Å². The fraction of sp³-hybridized carbons (Fsp3) is 0.231. The molecule has 2 heterocycles. The van der Waals surface area contributed by atoms with Crippen molar-refractivity contribution in [1.82, 2.24) is 4.98 Å². The van der Waals surface area contributed by atoms with Crippen LogP contribution in [0.5, 0.6) is 0 Å². The van der Waals surface area contributed by atoms with Gasteiger partial charge in [0.2, 0.25) is 0 Å². The van der Waals surface area contributed by atoms with Crippen LogP contribution >= 0.6 is 11.3 Å². The van der Waals surface area contributed by atoms with Gasteiger partial charge in [-0.3, -0.25) is 9.78 Å². The average molecular weight is 247 g/mol. The van der Waals surface area contributed by atoms with Crippen LogP contribution in [0.25, 0.3) is 10.4 Å². The Bertz CT molecular complexity index is 508. The van der Waals surface area contributed by atoms with Crippen molar-refractivity contribution in [2.75, 3.05) is 0 Å². The highest BCUT2D eigenvalue weighted by molar-refractivity contribution is 7.13. The van der Waals surface area contributed by atoms with Crippen LogP contribution in [-0.2, 0) is 4.79 Å². The molecule has 0 aromatic carbocycles. The molecule has 17 heavy (non-hydrogen) atoms. The summed E-state index contributed by atoms with van der Waals surface area (Å²) in [4.78, 5) is 16.0. The number of carboxylic acids is 1. The van der Waals surface area contributed by atoms with E-state index in [2.05, 4.69) is 4.98 Å². The van der Waals surface area contributed by atoms with Crippen molar-refractivity contribution in [3.63, 3.8) is 0 Å². The average Bonchev–Trinajstić information content (AvgIpc) is 2.82. The second-order valence-electron chi connectivity index (χ2n) is 3.98. The Labute approximate surface area is 104 Å². The Morgan fingerprint density at radius 2 is 2.35 bits per heavy atom. The molecule has 0 bridgehead atoms. The van der Waals surface area contributed by atoms with Crippen molar-refractivity contribution in [3.05, 3.63) is 41.5 Å². The van der Waals surface area contributed by atoms with Gasteiger partial charge in [0.05, 0.1) is 6.42 Å². The fourth-order valence-electron chi connectivity index (χ4n) is 1.68. The number of pyridine rings is 1. The van der Waals surface area contributed by atoms with E-state index in [1.54, 1.807) is 17.5 Å². The molecule has 1 atom stereocenters. The summed E-state index contributed by atoms with van der Waals surface area (Å²) in [5, 5.41) is 10.8. The maximum absolute atomic E-state index is 10.7. The maximum atomic E-state index is 10.7. The summed E-state index contributed by atoms with van der Waals surface area (Å²) < 4.78 is 0. The van der Waals surface area contributed by atoms with Crippen LogP contribution in [0.3, 0.4) is 0 Å². The molecule has 2 aromatic heterocycles. The largest absolute Gasteiger partial charge is 0.481 e. The van der Waals surface area contributed by atoms with Gasteiger partial charge in [-0.25, -0.2) is 0 Å². The molecule has 0 fully saturated rings. The summed E-state index contributed by atoms with van der Waals surface area (Å²) >= 11 is 1.65. The van der Waals surface area contributed by atoms with Crippen LogP contribution in [0, 0.1) is 0 Å². The summed E-state index contributed by atoms with van der Waals surface area (Å²) in [7, 11) is 0. The van der Waals surface area contributed by atoms with E-state index in [0.29, 0.717) is 0 Å². The molecule has 3 nitrogen and oxygen atoms in total. The van der Waals surface area contributed by atoms with E-state index in [1.807, 2.05) is 36.7 Å². The van der Waals surface area contributed by atoms with Crippen molar-refractivity contribution in [2.24, 2.45) is 0 Å². The summed E-state index contributed by atoms with van der Waals surface area (Å²) in [6, 6.07) is 6.05. The van der Waals surface area contributed by atoms with E-state index in [-0.39, 0.29) is 12.3 Å². The van der Waals surface area contributed by atoms with Crippen LogP contribution in [-0.4, -0.2) is 16.1 Å². The zero-order valence-corrected chi connectivity index (χ0v) is 10.3. The lowest BCUT2D eigenvalue weighted by atomic mass is 9.98. The molecule has 0 aliphatic carbocycles. The monoisotopic (exact) mass is 247 g/mol. The van der Waals surface area contributed by atoms with Gasteiger partial charge >= 0.3 is 5.97 Å². The molecular weight excluding hydrogens is 234 g/mol. The van der Waals surface area contributed by atoms with Gasteiger partial charge in [-0.2, -0.15) is 0 Å². The van der Waals surface area contributed by atoms with Crippen molar-refractivity contribution < 1.29 is 9.90 Å². The molecule has 0 saturated carbocycles. The number of carbonyl (C=O) groups is 1. The van der Waals surface area contributed by atoms with Crippen molar-refractivity contribution in [3.8, 4) is 10.4 Å². The Kier molecular flexibility index (Phi) is 3.54. The molecule has 0 saturated heterocycles. The van der Waals surface area contributed by atoms with Gasteiger partial charge < -0.3 is 5.11 Å². The van der Waals surface area contributed by atoms with E-state index >= 15 is 0 Å². The minimum absolute atomic E-state index is 0.0140. The first-order valence-corrected chi connectivity index (χ1v) is 6.25. The number of thiophene rings is 1. The van der Waals surface area contributed by atoms with E-state index < -0.39 is 5.97 Å². The molecular formula is C13H13NO2S. The molecule has 0 radical (unpaired) electrons. The van der Waals surface area contributed by atoms with E-state index in [4.69, 9.17) is 5.11 Å². The first kappa shape index (κ1) is 11.8. The second kappa shape index (κ2) is 5.10. The van der Waals surface area contributed by atoms with Crippen molar-refractivity contribution in [2.45, 2.75) is 19.3 Å². The highest BCUT2D eigenvalue weighted by Crippen LogP contribution is 2.27. The highest BCUT2D eigenvalue weighted by Gasteiger charge is 2.11. The van der Waals surface area contributed by atoms with E-state index in [9.17, 15) is 4.79 Å². The molecule has 88 valence electrons. The third kappa shape index (κ3) is 2.91. The zero-order valence-electron chi connectivity index (χ0n) is 9.46. The minimum atomic E-state index is -0.779. The normalized spacial score (nSPS) is 12.3. The lowest BCUT2D eigenvalue weighted by Gasteiger charge is -2.09. The quantitative estimate of drug-likeness (QED) is 0.901. The van der Waals surface area contributed by atoms with E-state index in [1.165, 1.54) is 0 Å². The first-order valence-electron chi connectivity index (χ1n) is 5.37. The Morgan fingerprint density at radius 3 is 3.00 bits per heavy atom. The molecule has 4 heteroatoms. The molecule has 0 aliphatic heterocycles. The van der Waals surface area contributed by atoms with Gasteiger partial charge in [-0.1, -0.05) is 13.0 Å². The maximum Gasteiger partial charge on any atom is 0.303 e. The Hall–Kier alpha value is -1.68. The van der Waals surface area contributed by atoms with Gasteiger partial charge in [-0.15, -0.1) is 11.3 Å². The number of aliphatic carboxylic acids is 1. The van der Waals surface area contributed by atoms with E-state index in [0.717, 1.165) is 16.0 Å². The van der Waals surface area contributed by atoms with Gasteiger partial charge in [-0.05, 0) is 29.0 Å². The molecule has 0 spiro atoms. The molecule has 0 amide bonds. The van der Waals surface area contributed by atoms with Crippen LogP contribution in [0.15, 0.2) is 36.0 Å². The Morgan fingerprint density at radius 1 is 1.53 bits per heavy atom. The summed E-state index contributed by atoms with van der Waals surface area (Å²) in [6.45, 7) is 1.91. The van der Waals surface area contributed by atoms with Gasteiger partial charge in [0.15, 0.2) is 0 Å². The number of rotatable bonds is 4. The Balaban J connectivity index is 2.25. The third-order valence-electron chi connectivity index (χ3n) is 2.61. The van der Waals surface area contributed by atoms with Crippen molar-refractivity contribution >= 4 is 17.3 Å². The fourth-order valence-corrected chi connectivity index (χ4v) is 2.39. The number of carboxylic acid groups (broad SMARTS) is 1. The first-order chi connectivity index (χ1) is 8.16. The zero-order chi connectivity index (χ0) is 12.3. The van der Waals surface area contributed by atoms with Gasteiger partial charge in [0, 0.05) is 22.8 Å². The minimum Gasteiger partial charge on any atom is -0.481 e. The predicted molar refractivity (Wildman–Crippen MR) is 68.2 cm³/mol. The van der Waals surface area contributed by atoms with Crippen LogP contribution in [0.1, 0.15) is 24.8 Å². The molecule has 1 N–H and O–H groups in total. The second-order valence-corrected chi connectivity index (χ2v) is 4.93. The van der Waals surface area contributed by atoms with Crippen LogP contribution < -0.4 is 0 Å². The molecule has 1 unspecified atom stereocenters. The number of nitrogens with zero attached hydrogens (tertiary/aromatic N) is 1. The molecule has 0 aliphatic rings. The number of aromatic nitrogens is 1. The molecule has 2 rings (SSSR count). The topological polar surface area (TPSA) is 50.2 Å². The predicted octanol–water partition coefficient (Wildman–Crippen LogP) is 3.39. The number of hydrogen-bond acceptors (Lipinski definition) is 3. The number of hydrogen-bond donors (Lipinski definition) is 1. The molecule has 2 aromatic rings. The van der Waals surface area contributed by atoms with Crippen molar-refractivity contribution in [1.29, 1.82) is 0 Å².